The van der Waals surface area contributed by atoms with Gasteiger partial charge in [0.15, 0.2) is 30.9 Å². The summed E-state index contributed by atoms with van der Waals surface area (Å²) in [7, 11) is 2.88. The summed E-state index contributed by atoms with van der Waals surface area (Å²) in [5.41, 5.74) is -2.17. The first-order chi connectivity index (χ1) is 34.3. The second-order valence-corrected chi connectivity index (χ2v) is 22.3. The summed E-state index contributed by atoms with van der Waals surface area (Å²) >= 11 is 0. The van der Waals surface area contributed by atoms with Crippen molar-refractivity contribution >= 4 is 41.8 Å². The predicted molar refractivity (Wildman–Crippen MR) is 254 cm³/mol. The molecule has 73 heavy (non-hydrogen) atoms. The minimum atomic E-state index is -1.17. The molecule has 0 aromatic rings. The second kappa shape index (κ2) is 23.9. The fourth-order valence-electron chi connectivity index (χ4n) is 14.6. The van der Waals surface area contributed by atoms with E-state index in [0.717, 1.165) is 6.42 Å². The van der Waals surface area contributed by atoms with Crippen LogP contribution in [0, 0.1) is 46.3 Å². The molecule has 0 N–H and O–H groups in total. The van der Waals surface area contributed by atoms with Crippen molar-refractivity contribution in [2.45, 2.75) is 220 Å². The molecule has 2 saturated heterocycles. The number of methoxy groups -OCH3 is 2. The van der Waals surface area contributed by atoms with Gasteiger partial charge in [0.1, 0.15) is 48.8 Å². The minimum Gasteiger partial charge on any atom is -0.463 e. The summed E-state index contributed by atoms with van der Waals surface area (Å²) in [6.45, 7) is 19.6. The maximum Gasteiger partial charge on any atom is 0.303 e. The van der Waals surface area contributed by atoms with Crippen LogP contribution in [0.3, 0.4) is 0 Å². The van der Waals surface area contributed by atoms with Gasteiger partial charge in [-0.3, -0.25) is 33.6 Å². The molecule has 20 heteroatoms. The summed E-state index contributed by atoms with van der Waals surface area (Å²) in [6.07, 6.45) is -5.13. The Balaban J connectivity index is 1.29. The van der Waals surface area contributed by atoms with Gasteiger partial charge in [0, 0.05) is 86.9 Å². The molecule has 414 valence electrons. The number of carbonyl (C=O) groups is 7. The quantitative estimate of drug-likeness (QED) is 0.111. The molecule has 6 aliphatic rings. The van der Waals surface area contributed by atoms with Gasteiger partial charge >= 0.3 is 41.8 Å². The molecule has 20 unspecified atom stereocenters. The van der Waals surface area contributed by atoms with Gasteiger partial charge in [-0.05, 0) is 80.0 Å². The fraction of sp³-hybridized carbons (Fsp3) is 0.868. The van der Waals surface area contributed by atoms with Crippen LogP contribution >= 0.6 is 0 Å². The number of fused-ring (bicyclic) bond motifs is 5. The lowest BCUT2D eigenvalue weighted by Gasteiger charge is -2.67. The van der Waals surface area contributed by atoms with Gasteiger partial charge in [-0.1, -0.05) is 34.6 Å². The maximum absolute atomic E-state index is 13.5. The third kappa shape index (κ3) is 12.7. The van der Waals surface area contributed by atoms with Crippen LogP contribution < -0.4 is 0 Å². The smallest absolute Gasteiger partial charge is 0.303 e. The first kappa shape index (κ1) is 58.3. The molecule has 20 atom stereocenters. The van der Waals surface area contributed by atoms with Crippen molar-refractivity contribution in [2.24, 2.45) is 46.3 Å². The van der Waals surface area contributed by atoms with Crippen molar-refractivity contribution in [1.82, 2.24) is 0 Å². The number of carbonyl (C=O) groups excluding carboxylic acids is 7. The number of hydrogen-bond acceptors (Lipinski definition) is 20. The molecule has 0 aromatic heterocycles. The molecule has 6 fully saturated rings. The summed E-state index contributed by atoms with van der Waals surface area (Å²) in [6, 6.07) is 0. The average Bonchev–Trinajstić information content (AvgIpc) is 3.75. The largest absolute Gasteiger partial charge is 0.463 e. The lowest BCUT2D eigenvalue weighted by Crippen LogP contribution is -2.70. The molecule has 2 aliphatic heterocycles. The average molecular weight is 1040 g/mol. The van der Waals surface area contributed by atoms with E-state index in [-0.39, 0.29) is 61.3 Å². The van der Waals surface area contributed by atoms with Crippen molar-refractivity contribution in [2.75, 3.05) is 27.4 Å². The van der Waals surface area contributed by atoms with Crippen LogP contribution in [-0.4, -0.2) is 148 Å². The van der Waals surface area contributed by atoms with Gasteiger partial charge in [-0.2, -0.15) is 0 Å². The Bertz CT molecular complexity index is 1990. The van der Waals surface area contributed by atoms with E-state index in [1.165, 1.54) is 62.7 Å². The van der Waals surface area contributed by atoms with E-state index < -0.39 is 126 Å². The molecular formula is C53H82O20. The van der Waals surface area contributed by atoms with Crippen molar-refractivity contribution in [1.29, 1.82) is 0 Å². The molecule has 6 rings (SSSR count). The molecule has 0 amide bonds. The highest BCUT2D eigenvalue weighted by Gasteiger charge is 2.74. The Morgan fingerprint density at radius 1 is 0.616 bits per heavy atom. The highest BCUT2D eigenvalue weighted by molar-refractivity contribution is 5.69. The first-order valence-electron chi connectivity index (χ1n) is 26.1. The maximum atomic E-state index is 13.5. The predicted octanol–water partition coefficient (Wildman–Crippen LogP) is 5.73. The molecule has 2 heterocycles. The zero-order valence-electron chi connectivity index (χ0n) is 45.3. The molecule has 0 spiro atoms. The Kier molecular flexibility index (Phi) is 19.1. The number of hydrogen-bond donors (Lipinski definition) is 0. The Morgan fingerprint density at radius 2 is 1.22 bits per heavy atom. The summed E-state index contributed by atoms with van der Waals surface area (Å²) in [5, 5.41) is 0. The molecule has 0 radical (unpaired) electrons. The molecule has 4 aliphatic carbocycles. The normalized spacial score (nSPS) is 39.6. The zero-order chi connectivity index (χ0) is 53.9. The molecular weight excluding hydrogens is 957 g/mol. The SMILES string of the molecule is COC1C(OC(C)=O)COC(OC2C(OC(CCC(C)C3CC(OC(C)=O)C4C3(C)CCC3C5(C)CCC(OC(C)=O)CC5C(OC(C)=O)CC34OC(C)=O)C(C)C)OC(COC(C)=O)C2OC(C)=O)C1OC. The van der Waals surface area contributed by atoms with Crippen molar-refractivity contribution in [3.8, 4) is 0 Å². The van der Waals surface area contributed by atoms with Gasteiger partial charge in [-0.25, -0.2) is 0 Å². The Labute approximate surface area is 429 Å². The lowest BCUT2D eigenvalue weighted by molar-refractivity contribution is -0.315. The van der Waals surface area contributed by atoms with Crippen LogP contribution in [0.4, 0.5) is 0 Å². The number of esters is 7. The Morgan fingerprint density at radius 3 is 1.79 bits per heavy atom. The second-order valence-electron chi connectivity index (χ2n) is 22.3. The van der Waals surface area contributed by atoms with Gasteiger partial charge in [0.2, 0.25) is 0 Å². The van der Waals surface area contributed by atoms with Gasteiger partial charge < -0.3 is 61.6 Å². The van der Waals surface area contributed by atoms with Crippen molar-refractivity contribution in [3.63, 3.8) is 0 Å². The highest BCUT2D eigenvalue weighted by atomic mass is 16.8. The van der Waals surface area contributed by atoms with E-state index in [1.54, 1.807) is 0 Å². The lowest BCUT2D eigenvalue weighted by atomic mass is 9.41. The van der Waals surface area contributed by atoms with Crippen LogP contribution in [-0.2, 0) is 95.1 Å². The van der Waals surface area contributed by atoms with E-state index in [9.17, 15) is 33.6 Å². The van der Waals surface area contributed by atoms with E-state index in [4.69, 9.17) is 61.6 Å². The van der Waals surface area contributed by atoms with Crippen LogP contribution in [0.25, 0.3) is 0 Å². The third-order valence-corrected chi connectivity index (χ3v) is 17.1. The van der Waals surface area contributed by atoms with E-state index >= 15 is 0 Å². The third-order valence-electron chi connectivity index (χ3n) is 17.1. The van der Waals surface area contributed by atoms with E-state index in [0.29, 0.717) is 44.9 Å². The molecule has 0 bridgehead atoms. The van der Waals surface area contributed by atoms with Crippen molar-refractivity contribution < 1.29 is 95.1 Å². The first-order valence-corrected chi connectivity index (χ1v) is 26.1. The van der Waals surface area contributed by atoms with E-state index in [2.05, 4.69) is 20.8 Å². The zero-order valence-corrected chi connectivity index (χ0v) is 45.3. The number of ether oxygens (including phenoxy) is 13. The monoisotopic (exact) mass is 1040 g/mol. The van der Waals surface area contributed by atoms with Crippen LogP contribution in [0.1, 0.15) is 141 Å². The summed E-state index contributed by atoms with van der Waals surface area (Å²) < 4.78 is 79.2. The number of rotatable bonds is 19. The molecule has 4 saturated carbocycles. The van der Waals surface area contributed by atoms with Crippen LogP contribution in [0.2, 0.25) is 0 Å². The highest BCUT2D eigenvalue weighted by Crippen LogP contribution is 2.71. The topological polar surface area (TPSA) is 239 Å². The fourth-order valence-corrected chi connectivity index (χ4v) is 14.6. The summed E-state index contributed by atoms with van der Waals surface area (Å²) in [4.78, 5) is 88.4. The molecule has 0 aromatic carbocycles. The molecule has 20 nitrogen and oxygen atoms in total. The van der Waals surface area contributed by atoms with Crippen LogP contribution in [0.15, 0.2) is 0 Å². The van der Waals surface area contributed by atoms with Crippen molar-refractivity contribution in [3.05, 3.63) is 0 Å². The van der Waals surface area contributed by atoms with Gasteiger partial charge in [-0.15, -0.1) is 0 Å². The Hall–Kier alpha value is -3.95. The minimum absolute atomic E-state index is 0.00972. The van der Waals surface area contributed by atoms with E-state index in [1.807, 2.05) is 13.8 Å². The van der Waals surface area contributed by atoms with Gasteiger partial charge in [0.25, 0.3) is 0 Å². The standard InChI is InChI=1S/C53H82O20/c1-26(2)38(70-50-47(45(69-33(9)59)42(71-50)24-63-28(4)54)72-49-46(62-14)44(61-13)41(25-64-49)68-32(8)58)16-15-27(3)36-22-39(66-30(6)56)48-52(36,12)20-18-43-51(11)19-17-35(65-29(5)55)21-37(51)40(67-31(7)57)23-53(43,48)73-34(10)60/h26-27,35-50H,15-25H2,1-14H3. The van der Waals surface area contributed by atoms with Crippen LogP contribution in [0.5, 0.6) is 0 Å². The summed E-state index contributed by atoms with van der Waals surface area (Å²) in [5.74, 6) is -4.41. The van der Waals surface area contributed by atoms with Gasteiger partial charge in [0.05, 0.1) is 12.7 Å².